The average molecular weight is 277 g/mol. The molecule has 106 valence electrons. The SMILES string of the molecule is COC(=O)[C@@H]1CC[C@@H](n2c(=O)[nH]c3c(N)ncnc32)C1. The Hall–Kier alpha value is -2.38. The first-order valence-electron chi connectivity index (χ1n) is 6.40. The number of nitrogens with two attached hydrogens (primary N) is 1. The van der Waals surface area contributed by atoms with Gasteiger partial charge in [0.1, 0.15) is 11.8 Å². The number of aromatic amines is 1. The zero-order valence-corrected chi connectivity index (χ0v) is 11.0. The number of nitrogens with zero attached hydrogens (tertiary/aromatic N) is 3. The van der Waals surface area contributed by atoms with E-state index >= 15 is 0 Å². The van der Waals surface area contributed by atoms with Gasteiger partial charge in [-0.1, -0.05) is 0 Å². The number of fused-ring (bicyclic) bond motifs is 1. The third-order valence-electron chi connectivity index (χ3n) is 3.84. The van der Waals surface area contributed by atoms with E-state index in [2.05, 4.69) is 15.0 Å². The van der Waals surface area contributed by atoms with Gasteiger partial charge in [0.25, 0.3) is 0 Å². The molecule has 0 radical (unpaired) electrons. The number of H-pyrrole nitrogens is 1. The summed E-state index contributed by atoms with van der Waals surface area (Å²) in [5.74, 6) is -0.149. The Morgan fingerprint density at radius 1 is 1.50 bits per heavy atom. The summed E-state index contributed by atoms with van der Waals surface area (Å²) in [6.07, 6.45) is 3.34. The third-order valence-corrected chi connectivity index (χ3v) is 3.84. The summed E-state index contributed by atoms with van der Waals surface area (Å²) in [7, 11) is 1.38. The number of nitrogen functional groups attached to an aromatic ring is 1. The quantitative estimate of drug-likeness (QED) is 0.758. The maximum Gasteiger partial charge on any atom is 0.328 e. The third kappa shape index (κ3) is 1.84. The van der Waals surface area contributed by atoms with Gasteiger partial charge in [-0.05, 0) is 19.3 Å². The molecule has 3 N–H and O–H groups in total. The van der Waals surface area contributed by atoms with Crippen LogP contribution < -0.4 is 11.4 Å². The zero-order valence-electron chi connectivity index (χ0n) is 11.0. The van der Waals surface area contributed by atoms with E-state index in [-0.39, 0.29) is 29.4 Å². The van der Waals surface area contributed by atoms with Crippen molar-refractivity contribution in [1.29, 1.82) is 0 Å². The molecule has 0 aromatic carbocycles. The molecule has 3 rings (SSSR count). The van der Waals surface area contributed by atoms with E-state index in [0.29, 0.717) is 24.0 Å². The number of aromatic nitrogens is 4. The highest BCUT2D eigenvalue weighted by molar-refractivity contribution is 5.81. The lowest BCUT2D eigenvalue weighted by Gasteiger charge is -2.11. The molecule has 8 nitrogen and oxygen atoms in total. The molecule has 2 atom stereocenters. The van der Waals surface area contributed by atoms with Crippen LogP contribution in [0.5, 0.6) is 0 Å². The molecular weight excluding hydrogens is 262 g/mol. The predicted molar refractivity (Wildman–Crippen MR) is 71.0 cm³/mol. The number of imidazole rings is 1. The van der Waals surface area contributed by atoms with Crippen molar-refractivity contribution in [2.45, 2.75) is 25.3 Å². The smallest absolute Gasteiger partial charge is 0.328 e. The fourth-order valence-corrected chi connectivity index (χ4v) is 2.87. The first-order valence-corrected chi connectivity index (χ1v) is 6.40. The highest BCUT2D eigenvalue weighted by Gasteiger charge is 2.33. The fraction of sp³-hybridized carbons (Fsp3) is 0.500. The number of esters is 1. The molecule has 1 fully saturated rings. The van der Waals surface area contributed by atoms with E-state index in [4.69, 9.17) is 10.5 Å². The fourth-order valence-electron chi connectivity index (χ4n) is 2.87. The Labute approximate surface area is 114 Å². The van der Waals surface area contributed by atoms with E-state index in [1.165, 1.54) is 13.4 Å². The van der Waals surface area contributed by atoms with E-state index in [1.54, 1.807) is 4.57 Å². The Morgan fingerprint density at radius 3 is 3.05 bits per heavy atom. The molecule has 1 aliphatic rings. The second-order valence-corrected chi connectivity index (χ2v) is 4.94. The molecule has 0 amide bonds. The van der Waals surface area contributed by atoms with E-state index in [9.17, 15) is 9.59 Å². The van der Waals surface area contributed by atoms with E-state index in [1.807, 2.05) is 0 Å². The van der Waals surface area contributed by atoms with Gasteiger partial charge in [-0.2, -0.15) is 0 Å². The van der Waals surface area contributed by atoms with Crippen molar-refractivity contribution in [3.8, 4) is 0 Å². The number of nitrogens with one attached hydrogen (secondary N) is 1. The maximum absolute atomic E-state index is 12.1. The van der Waals surface area contributed by atoms with Crippen LogP contribution in [0.1, 0.15) is 25.3 Å². The van der Waals surface area contributed by atoms with Crippen molar-refractivity contribution < 1.29 is 9.53 Å². The number of hydrogen-bond acceptors (Lipinski definition) is 6. The van der Waals surface area contributed by atoms with Gasteiger partial charge in [-0.15, -0.1) is 0 Å². The van der Waals surface area contributed by atoms with Crippen molar-refractivity contribution in [2.24, 2.45) is 5.92 Å². The molecule has 0 spiro atoms. The lowest BCUT2D eigenvalue weighted by molar-refractivity contribution is -0.145. The van der Waals surface area contributed by atoms with Gasteiger partial charge in [-0.25, -0.2) is 14.8 Å². The Kier molecular flexibility index (Phi) is 2.92. The molecule has 0 saturated heterocycles. The van der Waals surface area contributed by atoms with Gasteiger partial charge < -0.3 is 15.5 Å². The zero-order chi connectivity index (χ0) is 14.3. The summed E-state index contributed by atoms with van der Waals surface area (Å²) in [5, 5.41) is 0. The van der Waals surface area contributed by atoms with Crippen LogP contribution in [-0.4, -0.2) is 32.6 Å². The van der Waals surface area contributed by atoms with Crippen LogP contribution in [0, 0.1) is 5.92 Å². The largest absolute Gasteiger partial charge is 0.469 e. The van der Waals surface area contributed by atoms with Gasteiger partial charge in [0.2, 0.25) is 0 Å². The van der Waals surface area contributed by atoms with Gasteiger partial charge in [0, 0.05) is 6.04 Å². The van der Waals surface area contributed by atoms with Crippen LogP contribution in [0.3, 0.4) is 0 Å². The topological polar surface area (TPSA) is 116 Å². The molecular formula is C12H15N5O3. The second-order valence-electron chi connectivity index (χ2n) is 4.94. The monoisotopic (exact) mass is 277 g/mol. The van der Waals surface area contributed by atoms with Crippen LogP contribution in [0.25, 0.3) is 11.2 Å². The number of anilines is 1. The number of methoxy groups -OCH3 is 1. The Morgan fingerprint density at radius 2 is 2.30 bits per heavy atom. The number of carbonyl (C=O) groups is 1. The normalized spacial score (nSPS) is 22.2. The van der Waals surface area contributed by atoms with Crippen LogP contribution in [-0.2, 0) is 9.53 Å². The molecule has 8 heteroatoms. The predicted octanol–water partition coefficient (Wildman–Crippen LogP) is 0.216. The summed E-state index contributed by atoms with van der Waals surface area (Å²) < 4.78 is 6.32. The molecule has 0 unspecified atom stereocenters. The molecule has 2 aromatic rings. The number of carbonyl (C=O) groups excluding carboxylic acids is 1. The first kappa shape index (κ1) is 12.6. The highest BCUT2D eigenvalue weighted by Crippen LogP contribution is 2.35. The van der Waals surface area contributed by atoms with E-state index < -0.39 is 0 Å². The number of ether oxygens (including phenoxy) is 1. The van der Waals surface area contributed by atoms with Crippen molar-refractivity contribution in [1.82, 2.24) is 19.5 Å². The molecule has 20 heavy (non-hydrogen) atoms. The average Bonchev–Trinajstić information content (AvgIpc) is 3.02. The summed E-state index contributed by atoms with van der Waals surface area (Å²) in [6, 6.07) is -0.0744. The molecule has 1 aliphatic carbocycles. The Bertz CT molecular complexity index is 719. The summed E-state index contributed by atoms with van der Waals surface area (Å²) in [4.78, 5) is 34.3. The van der Waals surface area contributed by atoms with Gasteiger partial charge in [0.05, 0.1) is 13.0 Å². The molecule has 0 aliphatic heterocycles. The Balaban J connectivity index is 2.00. The molecule has 2 heterocycles. The molecule has 2 aromatic heterocycles. The summed E-state index contributed by atoms with van der Waals surface area (Å²) in [6.45, 7) is 0. The highest BCUT2D eigenvalue weighted by atomic mass is 16.5. The van der Waals surface area contributed by atoms with Crippen LogP contribution >= 0.6 is 0 Å². The van der Waals surface area contributed by atoms with Crippen molar-refractivity contribution >= 4 is 23.0 Å². The van der Waals surface area contributed by atoms with Crippen molar-refractivity contribution in [2.75, 3.05) is 12.8 Å². The van der Waals surface area contributed by atoms with Crippen molar-refractivity contribution in [3.05, 3.63) is 16.8 Å². The van der Waals surface area contributed by atoms with Crippen LogP contribution in [0.4, 0.5) is 5.82 Å². The number of rotatable bonds is 2. The van der Waals surface area contributed by atoms with Crippen molar-refractivity contribution in [3.63, 3.8) is 0 Å². The molecule has 1 saturated carbocycles. The van der Waals surface area contributed by atoms with Crippen LogP contribution in [0.2, 0.25) is 0 Å². The first-order chi connectivity index (χ1) is 9.61. The van der Waals surface area contributed by atoms with Crippen LogP contribution in [0.15, 0.2) is 11.1 Å². The van der Waals surface area contributed by atoms with Gasteiger partial charge in [-0.3, -0.25) is 9.36 Å². The second kappa shape index (κ2) is 4.62. The lowest BCUT2D eigenvalue weighted by atomic mass is 10.1. The minimum Gasteiger partial charge on any atom is -0.469 e. The van der Waals surface area contributed by atoms with Gasteiger partial charge in [0.15, 0.2) is 11.5 Å². The van der Waals surface area contributed by atoms with E-state index in [0.717, 1.165) is 6.42 Å². The molecule has 0 bridgehead atoms. The van der Waals surface area contributed by atoms with Gasteiger partial charge >= 0.3 is 11.7 Å². The minimum absolute atomic E-state index is 0.0744. The lowest BCUT2D eigenvalue weighted by Crippen LogP contribution is -2.22. The summed E-state index contributed by atoms with van der Waals surface area (Å²) in [5.41, 5.74) is 6.38. The standard InChI is InChI=1S/C12H15N5O3/c1-20-11(18)6-2-3-7(4-6)17-10-8(16-12(17)19)9(13)14-5-15-10/h5-7H,2-4H2,1H3,(H,16,19)(H2,13,14,15)/t6-,7-/m1/s1. The maximum atomic E-state index is 12.1. The minimum atomic E-state index is -0.275. The number of hydrogen-bond donors (Lipinski definition) is 2. The summed E-state index contributed by atoms with van der Waals surface area (Å²) >= 11 is 0.